The van der Waals surface area contributed by atoms with Crippen LogP contribution in [0, 0.1) is 0 Å². The normalized spacial score (nSPS) is 31.2. The molecule has 0 bridgehead atoms. The Morgan fingerprint density at radius 3 is 2.62 bits per heavy atom. The molecule has 2 fully saturated rings. The highest BCUT2D eigenvalue weighted by Crippen LogP contribution is 2.15. The molecule has 8 heteroatoms. The predicted molar refractivity (Wildman–Crippen MR) is 95.0 cm³/mol. The van der Waals surface area contributed by atoms with Crippen LogP contribution >= 0.6 is 11.6 Å². The van der Waals surface area contributed by atoms with E-state index in [1.54, 1.807) is 6.08 Å². The molecule has 6 nitrogen and oxygen atoms in total. The Hall–Kier alpha value is -1.02. The standard InChI is InChI=1S/C16H29ClFN5O/c1-11(16(17)20)7-15(19)21-12-3-2-4-22(8-12)5-6-23-9-13(18)14(24)10-23/h7,12-14,21,24H,2-6,8-10,19-20H2,1H3/b15-7+,16-11-. The van der Waals surface area contributed by atoms with Crippen molar-refractivity contribution in [2.75, 3.05) is 39.3 Å². The van der Waals surface area contributed by atoms with Gasteiger partial charge in [-0.25, -0.2) is 4.39 Å². The molecule has 0 aromatic carbocycles. The van der Waals surface area contributed by atoms with Crippen molar-refractivity contribution in [2.24, 2.45) is 11.5 Å². The molecule has 0 amide bonds. The molecule has 24 heavy (non-hydrogen) atoms. The molecule has 138 valence electrons. The highest BCUT2D eigenvalue weighted by atomic mass is 35.5. The SMILES string of the molecule is CC(/C=C(\N)NC1CCCN(CCN2CC(O)C(F)C2)C1)=C(/N)Cl. The minimum atomic E-state index is -1.11. The van der Waals surface area contributed by atoms with Gasteiger partial charge < -0.3 is 26.8 Å². The van der Waals surface area contributed by atoms with Gasteiger partial charge in [0.1, 0.15) is 11.3 Å². The number of piperidine rings is 1. The van der Waals surface area contributed by atoms with Crippen LogP contribution < -0.4 is 16.8 Å². The molecule has 3 unspecified atom stereocenters. The van der Waals surface area contributed by atoms with Gasteiger partial charge in [-0.2, -0.15) is 0 Å². The quantitative estimate of drug-likeness (QED) is 0.401. The first-order valence-corrected chi connectivity index (χ1v) is 8.85. The van der Waals surface area contributed by atoms with Crippen molar-refractivity contribution >= 4 is 11.6 Å². The Kier molecular flexibility index (Phi) is 7.16. The fourth-order valence-electron chi connectivity index (χ4n) is 3.24. The third-order valence-corrected chi connectivity index (χ3v) is 4.95. The van der Waals surface area contributed by atoms with Crippen LogP contribution in [0.4, 0.5) is 4.39 Å². The van der Waals surface area contributed by atoms with Crippen molar-refractivity contribution in [3.63, 3.8) is 0 Å². The number of likely N-dealkylation sites (tertiary alicyclic amines) is 2. The third kappa shape index (κ3) is 5.81. The van der Waals surface area contributed by atoms with Crippen molar-refractivity contribution in [1.82, 2.24) is 15.1 Å². The van der Waals surface area contributed by atoms with Crippen LogP contribution in [0.25, 0.3) is 0 Å². The second-order valence-electron chi connectivity index (χ2n) is 6.76. The first-order chi connectivity index (χ1) is 11.3. The zero-order chi connectivity index (χ0) is 17.7. The topological polar surface area (TPSA) is 90.8 Å². The van der Waals surface area contributed by atoms with E-state index in [-0.39, 0.29) is 11.2 Å². The van der Waals surface area contributed by atoms with Crippen LogP contribution in [-0.2, 0) is 0 Å². The molecule has 6 N–H and O–H groups in total. The summed E-state index contributed by atoms with van der Waals surface area (Å²) in [7, 11) is 0. The molecule has 3 atom stereocenters. The van der Waals surface area contributed by atoms with Crippen LogP contribution in [0.1, 0.15) is 19.8 Å². The van der Waals surface area contributed by atoms with Crippen molar-refractivity contribution in [3.05, 3.63) is 22.6 Å². The molecule has 0 spiro atoms. The zero-order valence-corrected chi connectivity index (χ0v) is 15.0. The van der Waals surface area contributed by atoms with E-state index in [2.05, 4.69) is 10.2 Å². The maximum atomic E-state index is 13.3. The van der Waals surface area contributed by atoms with Crippen molar-refractivity contribution in [1.29, 1.82) is 0 Å². The van der Waals surface area contributed by atoms with Gasteiger partial charge in [-0.1, -0.05) is 11.6 Å². The average Bonchev–Trinajstić information content (AvgIpc) is 2.84. The van der Waals surface area contributed by atoms with E-state index in [1.807, 2.05) is 11.8 Å². The van der Waals surface area contributed by atoms with Crippen LogP contribution in [-0.4, -0.2) is 72.5 Å². The van der Waals surface area contributed by atoms with E-state index < -0.39 is 12.3 Å². The first-order valence-electron chi connectivity index (χ1n) is 8.47. The number of aliphatic hydroxyl groups excluding tert-OH is 1. The smallest absolute Gasteiger partial charge is 0.140 e. The van der Waals surface area contributed by atoms with Gasteiger partial charge in [-0.3, -0.25) is 4.90 Å². The van der Waals surface area contributed by atoms with Gasteiger partial charge in [-0.05, 0) is 38.0 Å². The largest absolute Gasteiger partial charge is 0.389 e. The lowest BCUT2D eigenvalue weighted by molar-refractivity contribution is 0.115. The van der Waals surface area contributed by atoms with Gasteiger partial charge in [-0.15, -0.1) is 0 Å². The molecule has 2 saturated heterocycles. The minimum Gasteiger partial charge on any atom is -0.389 e. The molecule has 2 rings (SSSR count). The van der Waals surface area contributed by atoms with E-state index in [0.29, 0.717) is 18.9 Å². The summed E-state index contributed by atoms with van der Waals surface area (Å²) in [5.74, 6) is 0.561. The first kappa shape index (κ1) is 19.3. The van der Waals surface area contributed by atoms with Gasteiger partial charge in [0, 0.05) is 38.8 Å². The number of nitrogens with zero attached hydrogens (tertiary/aromatic N) is 2. The summed E-state index contributed by atoms with van der Waals surface area (Å²) >= 11 is 5.73. The number of hydrogen-bond acceptors (Lipinski definition) is 6. The molecule has 2 heterocycles. The molecule has 0 aromatic rings. The highest BCUT2D eigenvalue weighted by Gasteiger charge is 2.31. The number of aliphatic hydroxyl groups is 1. The Bertz CT molecular complexity index is 473. The van der Waals surface area contributed by atoms with Crippen LogP contribution in [0.2, 0.25) is 0 Å². The number of β-amino-alcohol motifs (C(OH)–C–C–N with tert-alkyl or cyclic N) is 1. The number of alkyl halides is 1. The fraction of sp³-hybridized carbons (Fsp3) is 0.750. The minimum absolute atomic E-state index is 0.240. The lowest BCUT2D eigenvalue weighted by Gasteiger charge is -2.34. The van der Waals surface area contributed by atoms with E-state index in [0.717, 1.165) is 44.6 Å². The molecule has 0 aromatic heterocycles. The summed E-state index contributed by atoms with van der Waals surface area (Å²) in [5.41, 5.74) is 12.3. The van der Waals surface area contributed by atoms with E-state index in [1.165, 1.54) is 0 Å². The Morgan fingerprint density at radius 1 is 1.29 bits per heavy atom. The summed E-state index contributed by atoms with van der Waals surface area (Å²) in [4.78, 5) is 4.34. The molecule has 0 radical (unpaired) electrons. The van der Waals surface area contributed by atoms with Crippen LogP contribution in [0.3, 0.4) is 0 Å². The molecule has 2 aliphatic heterocycles. The Labute approximate surface area is 148 Å². The summed E-state index contributed by atoms with van der Waals surface area (Å²) in [6.45, 7) is 6.14. The number of halogens is 2. The summed E-state index contributed by atoms with van der Waals surface area (Å²) < 4.78 is 13.3. The molecule has 0 saturated carbocycles. The van der Waals surface area contributed by atoms with Crippen molar-refractivity contribution in [3.8, 4) is 0 Å². The van der Waals surface area contributed by atoms with Gasteiger partial charge in [0.05, 0.1) is 11.9 Å². The van der Waals surface area contributed by atoms with Crippen molar-refractivity contribution < 1.29 is 9.50 Å². The Morgan fingerprint density at radius 2 is 2.00 bits per heavy atom. The predicted octanol–water partition coefficient (Wildman–Crippen LogP) is 0.284. The average molecular weight is 362 g/mol. The van der Waals surface area contributed by atoms with E-state index in [4.69, 9.17) is 23.1 Å². The number of rotatable bonds is 6. The van der Waals surface area contributed by atoms with Crippen LogP contribution in [0.5, 0.6) is 0 Å². The van der Waals surface area contributed by atoms with Gasteiger partial charge in [0.15, 0.2) is 0 Å². The summed E-state index contributed by atoms with van der Waals surface area (Å²) in [6.07, 6.45) is 1.94. The van der Waals surface area contributed by atoms with Gasteiger partial charge >= 0.3 is 0 Å². The lowest BCUT2D eigenvalue weighted by atomic mass is 10.1. The van der Waals surface area contributed by atoms with Gasteiger partial charge in [0.25, 0.3) is 0 Å². The second-order valence-corrected chi connectivity index (χ2v) is 7.16. The number of hydrogen-bond donors (Lipinski definition) is 4. The van der Waals surface area contributed by atoms with Crippen LogP contribution in [0.15, 0.2) is 22.6 Å². The van der Waals surface area contributed by atoms with Crippen molar-refractivity contribution in [2.45, 2.75) is 38.1 Å². The molecule has 2 aliphatic rings. The summed E-state index contributed by atoms with van der Waals surface area (Å²) in [5, 5.41) is 13.0. The number of nitrogens with two attached hydrogens (primary N) is 2. The fourth-order valence-corrected chi connectivity index (χ4v) is 3.30. The number of nitrogens with one attached hydrogen (secondary N) is 1. The molecule has 0 aliphatic carbocycles. The Balaban J connectivity index is 1.76. The highest BCUT2D eigenvalue weighted by molar-refractivity contribution is 6.29. The number of allylic oxidation sites excluding steroid dienone is 2. The maximum absolute atomic E-state index is 13.3. The summed E-state index contributed by atoms with van der Waals surface area (Å²) in [6, 6.07) is 0.275. The molecular formula is C16H29ClFN5O. The second kappa shape index (κ2) is 8.89. The zero-order valence-electron chi connectivity index (χ0n) is 14.2. The maximum Gasteiger partial charge on any atom is 0.140 e. The lowest BCUT2D eigenvalue weighted by Crippen LogP contribution is -2.48. The molecular weight excluding hydrogens is 333 g/mol. The van der Waals surface area contributed by atoms with E-state index >= 15 is 0 Å². The monoisotopic (exact) mass is 361 g/mol. The third-order valence-electron chi connectivity index (χ3n) is 4.65. The van der Waals surface area contributed by atoms with E-state index in [9.17, 15) is 9.50 Å². The van der Waals surface area contributed by atoms with Gasteiger partial charge in [0.2, 0.25) is 0 Å².